The Hall–Kier alpha value is -2.78. The quantitative estimate of drug-likeness (QED) is 0.606. The van der Waals surface area contributed by atoms with E-state index >= 15 is 0 Å². The number of nitrogens with zero attached hydrogens (tertiary/aromatic N) is 4. The number of aliphatic carboxylic acids is 1. The lowest BCUT2D eigenvalue weighted by Gasteiger charge is -2.38. The van der Waals surface area contributed by atoms with Gasteiger partial charge in [-0.2, -0.15) is 4.98 Å². The molecule has 0 unspecified atom stereocenters. The number of carboxylic acids is 1. The number of hydrogen-bond donors (Lipinski definition) is 3. The van der Waals surface area contributed by atoms with Gasteiger partial charge in [0.25, 0.3) is 5.56 Å². The van der Waals surface area contributed by atoms with Gasteiger partial charge in [0.2, 0.25) is 5.95 Å². The first kappa shape index (κ1) is 14.6. The van der Waals surface area contributed by atoms with Crippen molar-refractivity contribution in [3.05, 3.63) is 16.4 Å². The van der Waals surface area contributed by atoms with Crippen LogP contribution in [0.15, 0.2) is 10.9 Å². The van der Waals surface area contributed by atoms with E-state index in [0.29, 0.717) is 0 Å². The number of rotatable bonds is 2. The fourth-order valence-corrected chi connectivity index (χ4v) is 2.23. The molecule has 0 bridgehead atoms. The fourth-order valence-electron chi connectivity index (χ4n) is 2.23. The van der Waals surface area contributed by atoms with Gasteiger partial charge in [-0.3, -0.25) is 14.3 Å². The molecule has 2 rings (SSSR count). The van der Waals surface area contributed by atoms with Crippen molar-refractivity contribution < 1.29 is 19.8 Å². The summed E-state index contributed by atoms with van der Waals surface area (Å²) in [6.45, 7) is 0.113. The molecule has 114 valence electrons. The highest BCUT2D eigenvalue weighted by atomic mass is 16.4. The topological polar surface area (TPSA) is 142 Å². The van der Waals surface area contributed by atoms with Crippen molar-refractivity contribution in [2.75, 3.05) is 30.3 Å². The molecule has 0 aromatic carbocycles. The third-order valence-corrected chi connectivity index (χ3v) is 3.33. The Kier molecular flexibility index (Phi) is 3.70. The summed E-state index contributed by atoms with van der Waals surface area (Å²) in [6, 6.07) is -0.0688. The van der Waals surface area contributed by atoms with E-state index in [1.807, 2.05) is 0 Å². The van der Waals surface area contributed by atoms with Crippen LogP contribution in [0.2, 0.25) is 0 Å². The number of hydrogen-bond acceptors (Lipinski definition) is 6. The van der Waals surface area contributed by atoms with Gasteiger partial charge in [0.15, 0.2) is 0 Å². The molecule has 1 saturated heterocycles. The summed E-state index contributed by atoms with van der Waals surface area (Å²) in [5, 5.41) is 18.2. The molecule has 1 fully saturated rings. The van der Waals surface area contributed by atoms with Gasteiger partial charge in [0, 0.05) is 26.2 Å². The molecule has 1 aromatic rings. The number of nitrogens with two attached hydrogens (primary N) is 1. The highest BCUT2D eigenvalue weighted by Crippen LogP contribution is 2.17. The van der Waals surface area contributed by atoms with Crippen molar-refractivity contribution >= 4 is 23.8 Å². The molecule has 1 aliphatic rings. The SMILES string of the molecule is Cn1c(N2CCN(C(=O)O)[C@H](C(=O)O)C2)nc(N)cc1=O. The maximum absolute atomic E-state index is 11.7. The molecule has 1 amide bonds. The zero-order chi connectivity index (χ0) is 15.7. The third-order valence-electron chi connectivity index (χ3n) is 3.33. The van der Waals surface area contributed by atoms with Gasteiger partial charge in [-0.1, -0.05) is 0 Å². The van der Waals surface area contributed by atoms with Crippen molar-refractivity contribution in [1.82, 2.24) is 14.5 Å². The summed E-state index contributed by atoms with van der Waals surface area (Å²) in [4.78, 5) is 40.4. The molecule has 0 saturated carbocycles. The minimum atomic E-state index is -1.29. The summed E-state index contributed by atoms with van der Waals surface area (Å²) in [7, 11) is 1.49. The Labute approximate surface area is 119 Å². The first-order valence-corrected chi connectivity index (χ1v) is 6.12. The average molecular weight is 297 g/mol. The van der Waals surface area contributed by atoms with Crippen LogP contribution in [0, 0.1) is 0 Å². The molecular formula is C11H15N5O5. The average Bonchev–Trinajstić information content (AvgIpc) is 2.42. The van der Waals surface area contributed by atoms with Gasteiger partial charge in [0.1, 0.15) is 11.9 Å². The van der Waals surface area contributed by atoms with E-state index in [2.05, 4.69) is 4.98 Å². The minimum Gasteiger partial charge on any atom is -0.480 e. The number of piperazine rings is 1. The smallest absolute Gasteiger partial charge is 0.408 e. The van der Waals surface area contributed by atoms with E-state index in [0.717, 1.165) is 11.0 Å². The number of carboxylic acid groups (broad SMARTS) is 2. The van der Waals surface area contributed by atoms with Crippen molar-refractivity contribution in [3.63, 3.8) is 0 Å². The van der Waals surface area contributed by atoms with Crippen LogP contribution in [0.4, 0.5) is 16.6 Å². The Bertz CT molecular complexity index is 642. The van der Waals surface area contributed by atoms with Crippen molar-refractivity contribution in [2.24, 2.45) is 7.05 Å². The van der Waals surface area contributed by atoms with Gasteiger partial charge in [-0.25, -0.2) is 9.59 Å². The minimum absolute atomic E-state index is 0.00301. The number of anilines is 2. The molecule has 1 aliphatic heterocycles. The van der Waals surface area contributed by atoms with Crippen LogP contribution in [0.1, 0.15) is 0 Å². The van der Waals surface area contributed by atoms with E-state index in [4.69, 9.17) is 15.9 Å². The predicted molar refractivity (Wildman–Crippen MR) is 72.3 cm³/mol. The molecule has 1 atom stereocenters. The molecule has 10 heteroatoms. The molecular weight excluding hydrogens is 282 g/mol. The number of aromatic nitrogens is 2. The van der Waals surface area contributed by atoms with Gasteiger partial charge >= 0.3 is 12.1 Å². The Morgan fingerprint density at radius 3 is 2.62 bits per heavy atom. The second-order valence-corrected chi connectivity index (χ2v) is 4.65. The largest absolute Gasteiger partial charge is 0.480 e. The summed E-state index contributed by atoms with van der Waals surface area (Å²) in [5.41, 5.74) is 5.16. The Morgan fingerprint density at radius 1 is 1.38 bits per heavy atom. The maximum atomic E-state index is 11.7. The van der Waals surface area contributed by atoms with Crippen LogP contribution in [-0.4, -0.2) is 62.4 Å². The van der Waals surface area contributed by atoms with Gasteiger partial charge in [0.05, 0.1) is 6.54 Å². The molecule has 21 heavy (non-hydrogen) atoms. The predicted octanol–water partition coefficient (Wildman–Crippen LogP) is -1.38. The van der Waals surface area contributed by atoms with Crippen molar-refractivity contribution in [3.8, 4) is 0 Å². The standard InChI is InChI=1S/C11H15N5O5/c1-14-8(17)4-7(12)13-10(14)15-2-3-16(11(20)21)6(5-15)9(18)19/h4,6H,2-3,5,12H2,1H3,(H,18,19)(H,20,21)/t6-/m0/s1. The monoisotopic (exact) mass is 297 g/mol. The van der Waals surface area contributed by atoms with Crippen LogP contribution in [0.5, 0.6) is 0 Å². The zero-order valence-electron chi connectivity index (χ0n) is 11.3. The summed E-state index contributed by atoms with van der Waals surface area (Å²) >= 11 is 0. The fraction of sp³-hybridized carbons (Fsp3) is 0.455. The van der Waals surface area contributed by atoms with Gasteiger partial charge in [-0.05, 0) is 0 Å². The first-order chi connectivity index (χ1) is 9.81. The number of carbonyl (C=O) groups is 2. The van der Waals surface area contributed by atoms with E-state index in [1.54, 1.807) is 0 Å². The van der Waals surface area contributed by atoms with Crippen LogP contribution in [0.25, 0.3) is 0 Å². The van der Waals surface area contributed by atoms with Crippen molar-refractivity contribution in [2.45, 2.75) is 6.04 Å². The second kappa shape index (κ2) is 5.31. The highest BCUT2D eigenvalue weighted by molar-refractivity contribution is 5.80. The number of amides is 1. The molecule has 0 spiro atoms. The van der Waals surface area contributed by atoms with E-state index < -0.39 is 18.1 Å². The Morgan fingerprint density at radius 2 is 2.05 bits per heavy atom. The lowest BCUT2D eigenvalue weighted by atomic mass is 10.2. The van der Waals surface area contributed by atoms with Crippen LogP contribution in [0.3, 0.4) is 0 Å². The molecule has 2 heterocycles. The molecule has 4 N–H and O–H groups in total. The summed E-state index contributed by atoms with van der Waals surface area (Å²) in [5.74, 6) is -1.01. The van der Waals surface area contributed by atoms with Crippen LogP contribution < -0.4 is 16.2 Å². The van der Waals surface area contributed by atoms with E-state index in [-0.39, 0.29) is 37.0 Å². The number of nitrogen functional groups attached to an aromatic ring is 1. The van der Waals surface area contributed by atoms with E-state index in [9.17, 15) is 14.4 Å². The second-order valence-electron chi connectivity index (χ2n) is 4.65. The van der Waals surface area contributed by atoms with Crippen LogP contribution in [-0.2, 0) is 11.8 Å². The molecule has 10 nitrogen and oxygen atoms in total. The van der Waals surface area contributed by atoms with Crippen molar-refractivity contribution in [1.29, 1.82) is 0 Å². The maximum Gasteiger partial charge on any atom is 0.408 e. The third kappa shape index (κ3) is 2.73. The zero-order valence-corrected chi connectivity index (χ0v) is 11.3. The highest BCUT2D eigenvalue weighted by Gasteiger charge is 2.36. The molecule has 0 aliphatic carbocycles. The summed E-state index contributed by atoms with van der Waals surface area (Å²) < 4.78 is 1.24. The van der Waals surface area contributed by atoms with Gasteiger partial charge < -0.3 is 20.8 Å². The lowest BCUT2D eigenvalue weighted by Crippen LogP contribution is -2.58. The summed E-state index contributed by atoms with van der Waals surface area (Å²) in [6.07, 6.45) is -1.29. The first-order valence-electron chi connectivity index (χ1n) is 6.12. The molecule has 1 aromatic heterocycles. The normalized spacial score (nSPS) is 18.6. The van der Waals surface area contributed by atoms with Gasteiger partial charge in [-0.15, -0.1) is 0 Å². The van der Waals surface area contributed by atoms with E-state index in [1.165, 1.54) is 16.5 Å². The Balaban J connectivity index is 2.34. The van der Waals surface area contributed by atoms with Crippen LogP contribution >= 0.6 is 0 Å². The molecule has 0 radical (unpaired) electrons. The lowest BCUT2D eigenvalue weighted by molar-refractivity contribution is -0.142.